The largest absolute Gasteiger partial charge is 0.286 e. The number of hydroxylamine groups is 2. The average molecular weight is 263 g/mol. The summed E-state index contributed by atoms with van der Waals surface area (Å²) in [7, 11) is 0. The standard InChI is InChI=1S/C16H25NO2/c1-2-3-4-5-6-10-13-16(18)17(19)14-15-11-8-7-9-12-15/h7-9,11-12,19H,2-6,10,13-14H2,1H3. The van der Waals surface area contributed by atoms with E-state index in [0.29, 0.717) is 6.42 Å². The number of hydrogen-bond acceptors (Lipinski definition) is 2. The van der Waals surface area contributed by atoms with Crippen molar-refractivity contribution in [3.8, 4) is 0 Å². The number of rotatable bonds is 9. The van der Waals surface area contributed by atoms with Gasteiger partial charge < -0.3 is 0 Å². The van der Waals surface area contributed by atoms with E-state index in [-0.39, 0.29) is 12.5 Å². The first-order chi connectivity index (χ1) is 9.24. The summed E-state index contributed by atoms with van der Waals surface area (Å²) in [5, 5.41) is 10.5. The summed E-state index contributed by atoms with van der Waals surface area (Å²) in [4.78, 5) is 11.7. The Morgan fingerprint density at radius 3 is 2.37 bits per heavy atom. The Kier molecular flexibility index (Phi) is 7.91. The van der Waals surface area contributed by atoms with Gasteiger partial charge in [-0.05, 0) is 12.0 Å². The number of benzene rings is 1. The highest BCUT2D eigenvalue weighted by atomic mass is 16.5. The molecule has 0 aliphatic carbocycles. The first-order valence-electron chi connectivity index (χ1n) is 7.27. The van der Waals surface area contributed by atoms with Crippen molar-refractivity contribution >= 4 is 5.91 Å². The molecule has 0 atom stereocenters. The average Bonchev–Trinajstić information content (AvgIpc) is 2.43. The lowest BCUT2D eigenvalue weighted by atomic mass is 10.1. The van der Waals surface area contributed by atoms with Gasteiger partial charge in [0.15, 0.2) is 0 Å². The molecule has 0 bridgehead atoms. The molecule has 1 amide bonds. The lowest BCUT2D eigenvalue weighted by Crippen LogP contribution is -2.26. The second-order valence-electron chi connectivity index (χ2n) is 4.95. The van der Waals surface area contributed by atoms with Crippen LogP contribution in [0.15, 0.2) is 30.3 Å². The number of carbonyl (C=O) groups is 1. The first-order valence-corrected chi connectivity index (χ1v) is 7.27. The normalized spacial score (nSPS) is 10.4. The Bertz CT molecular complexity index is 351. The molecule has 0 saturated carbocycles. The van der Waals surface area contributed by atoms with Gasteiger partial charge in [-0.2, -0.15) is 0 Å². The van der Waals surface area contributed by atoms with Crippen LogP contribution in [-0.4, -0.2) is 16.2 Å². The smallest absolute Gasteiger partial charge is 0.246 e. The van der Waals surface area contributed by atoms with E-state index in [9.17, 15) is 10.0 Å². The summed E-state index contributed by atoms with van der Waals surface area (Å²) < 4.78 is 0. The van der Waals surface area contributed by atoms with Gasteiger partial charge >= 0.3 is 0 Å². The van der Waals surface area contributed by atoms with Crippen LogP contribution in [0.3, 0.4) is 0 Å². The topological polar surface area (TPSA) is 40.5 Å². The molecule has 1 rings (SSSR count). The third-order valence-corrected chi connectivity index (χ3v) is 3.21. The van der Waals surface area contributed by atoms with Crippen LogP contribution in [0.1, 0.15) is 57.4 Å². The predicted molar refractivity (Wildman–Crippen MR) is 76.8 cm³/mol. The van der Waals surface area contributed by atoms with E-state index < -0.39 is 0 Å². The van der Waals surface area contributed by atoms with Crippen LogP contribution >= 0.6 is 0 Å². The molecule has 3 heteroatoms. The van der Waals surface area contributed by atoms with Gasteiger partial charge in [-0.1, -0.05) is 69.4 Å². The molecule has 0 heterocycles. The third kappa shape index (κ3) is 6.97. The maximum atomic E-state index is 11.7. The molecular weight excluding hydrogens is 238 g/mol. The SMILES string of the molecule is CCCCCCCCC(=O)N(O)Cc1ccccc1. The van der Waals surface area contributed by atoms with Gasteiger partial charge in [-0.3, -0.25) is 10.0 Å². The lowest BCUT2D eigenvalue weighted by molar-refractivity contribution is -0.168. The zero-order chi connectivity index (χ0) is 13.9. The Morgan fingerprint density at radius 1 is 1.05 bits per heavy atom. The Balaban J connectivity index is 2.15. The molecule has 0 spiro atoms. The Hall–Kier alpha value is -1.35. The molecule has 0 radical (unpaired) electrons. The predicted octanol–water partition coefficient (Wildman–Crippen LogP) is 4.16. The van der Waals surface area contributed by atoms with Crippen LogP contribution in [0.5, 0.6) is 0 Å². The van der Waals surface area contributed by atoms with Crippen molar-refractivity contribution in [2.45, 2.75) is 58.4 Å². The van der Waals surface area contributed by atoms with E-state index in [1.54, 1.807) is 0 Å². The molecule has 0 aliphatic heterocycles. The van der Waals surface area contributed by atoms with E-state index in [2.05, 4.69) is 6.92 Å². The summed E-state index contributed by atoms with van der Waals surface area (Å²) in [6.45, 7) is 2.46. The number of carbonyl (C=O) groups excluding carboxylic acids is 1. The Morgan fingerprint density at radius 2 is 1.68 bits per heavy atom. The third-order valence-electron chi connectivity index (χ3n) is 3.21. The number of unbranched alkanes of at least 4 members (excludes halogenated alkanes) is 5. The van der Waals surface area contributed by atoms with Gasteiger partial charge in [-0.15, -0.1) is 0 Å². The molecule has 1 N–H and O–H groups in total. The molecule has 0 saturated heterocycles. The fourth-order valence-corrected chi connectivity index (χ4v) is 2.03. The quantitative estimate of drug-likeness (QED) is 0.413. The summed E-state index contributed by atoms with van der Waals surface area (Å²) >= 11 is 0. The van der Waals surface area contributed by atoms with Crippen molar-refractivity contribution in [1.82, 2.24) is 5.06 Å². The monoisotopic (exact) mass is 263 g/mol. The van der Waals surface area contributed by atoms with Crippen molar-refractivity contribution < 1.29 is 10.0 Å². The minimum Gasteiger partial charge on any atom is -0.286 e. The first kappa shape index (κ1) is 15.7. The van der Waals surface area contributed by atoms with E-state index in [4.69, 9.17) is 0 Å². The van der Waals surface area contributed by atoms with Crippen molar-refractivity contribution in [3.05, 3.63) is 35.9 Å². The van der Waals surface area contributed by atoms with E-state index >= 15 is 0 Å². The van der Waals surface area contributed by atoms with E-state index in [1.807, 2.05) is 30.3 Å². The van der Waals surface area contributed by atoms with Crippen molar-refractivity contribution in [1.29, 1.82) is 0 Å². The molecule has 0 unspecified atom stereocenters. The van der Waals surface area contributed by atoms with E-state index in [0.717, 1.165) is 23.5 Å². The van der Waals surface area contributed by atoms with Crippen LogP contribution in [-0.2, 0) is 11.3 Å². The maximum Gasteiger partial charge on any atom is 0.246 e. The second kappa shape index (κ2) is 9.56. The van der Waals surface area contributed by atoms with Crippen LogP contribution in [0.25, 0.3) is 0 Å². The molecule has 0 aliphatic rings. The zero-order valence-electron chi connectivity index (χ0n) is 11.8. The molecule has 106 valence electrons. The lowest BCUT2D eigenvalue weighted by Gasteiger charge is -2.14. The maximum absolute atomic E-state index is 11.7. The molecule has 1 aromatic rings. The summed E-state index contributed by atoms with van der Waals surface area (Å²) in [5.41, 5.74) is 0.946. The number of amides is 1. The van der Waals surface area contributed by atoms with Crippen molar-refractivity contribution in [2.75, 3.05) is 0 Å². The molecule has 0 fully saturated rings. The molecular formula is C16H25NO2. The number of hydrogen-bond donors (Lipinski definition) is 1. The van der Waals surface area contributed by atoms with Gasteiger partial charge in [0.05, 0.1) is 6.54 Å². The highest BCUT2D eigenvalue weighted by Gasteiger charge is 2.10. The van der Waals surface area contributed by atoms with Gasteiger partial charge in [-0.25, -0.2) is 5.06 Å². The zero-order valence-corrected chi connectivity index (χ0v) is 11.8. The summed E-state index contributed by atoms with van der Waals surface area (Å²) in [5.74, 6) is -0.181. The van der Waals surface area contributed by atoms with Gasteiger partial charge in [0.2, 0.25) is 5.91 Å². The summed E-state index contributed by atoms with van der Waals surface area (Å²) in [6, 6.07) is 9.54. The molecule has 0 aromatic heterocycles. The highest BCUT2D eigenvalue weighted by Crippen LogP contribution is 2.09. The van der Waals surface area contributed by atoms with Gasteiger partial charge in [0.1, 0.15) is 0 Å². The van der Waals surface area contributed by atoms with E-state index in [1.165, 1.54) is 25.7 Å². The number of nitrogens with zero attached hydrogens (tertiary/aromatic N) is 1. The highest BCUT2D eigenvalue weighted by molar-refractivity contribution is 5.74. The van der Waals surface area contributed by atoms with Crippen LogP contribution < -0.4 is 0 Å². The molecule has 19 heavy (non-hydrogen) atoms. The second-order valence-corrected chi connectivity index (χ2v) is 4.95. The van der Waals surface area contributed by atoms with Gasteiger partial charge in [0.25, 0.3) is 0 Å². The van der Waals surface area contributed by atoms with Crippen LogP contribution in [0, 0.1) is 0 Å². The summed E-state index contributed by atoms with van der Waals surface area (Å²) in [6.07, 6.45) is 7.33. The fourth-order valence-electron chi connectivity index (χ4n) is 2.03. The van der Waals surface area contributed by atoms with Crippen molar-refractivity contribution in [3.63, 3.8) is 0 Å². The van der Waals surface area contributed by atoms with Crippen LogP contribution in [0.4, 0.5) is 0 Å². The molecule has 1 aromatic carbocycles. The fraction of sp³-hybridized carbons (Fsp3) is 0.562. The minimum absolute atomic E-state index is 0.181. The van der Waals surface area contributed by atoms with Crippen LogP contribution in [0.2, 0.25) is 0 Å². The van der Waals surface area contributed by atoms with Crippen molar-refractivity contribution in [2.24, 2.45) is 0 Å². The molecule has 3 nitrogen and oxygen atoms in total. The minimum atomic E-state index is -0.181. The van der Waals surface area contributed by atoms with Gasteiger partial charge in [0, 0.05) is 6.42 Å². The Labute approximate surface area is 116 Å².